The molecule has 1 aliphatic carbocycles. The van der Waals surface area contributed by atoms with Crippen LogP contribution in [0.2, 0.25) is 0 Å². The van der Waals surface area contributed by atoms with E-state index in [-0.39, 0.29) is 0 Å². The van der Waals surface area contributed by atoms with E-state index in [1.807, 2.05) is 24.3 Å². The molecule has 4 nitrogen and oxygen atoms in total. The molecular weight excluding hydrogens is 252 g/mol. The standard InChI is InChI=1S/C16H26N2O2/c1-12(13-7-8-13)18(9-10-20-2)11-16(19)14-5-3-4-6-15(14)17/h3-6,12-13,16,19H,7-11,17H2,1-2H3. The molecule has 0 amide bonds. The van der Waals surface area contributed by atoms with Crippen molar-refractivity contribution in [1.29, 1.82) is 0 Å². The molecule has 1 aromatic rings. The van der Waals surface area contributed by atoms with Gasteiger partial charge in [-0.25, -0.2) is 0 Å². The summed E-state index contributed by atoms with van der Waals surface area (Å²) in [7, 11) is 1.71. The number of hydrogen-bond donors (Lipinski definition) is 2. The summed E-state index contributed by atoms with van der Waals surface area (Å²) in [6, 6.07) is 8.03. The highest BCUT2D eigenvalue weighted by Crippen LogP contribution is 2.35. The van der Waals surface area contributed by atoms with Crippen LogP contribution in [-0.2, 0) is 4.74 Å². The van der Waals surface area contributed by atoms with Crippen molar-refractivity contribution >= 4 is 5.69 Å². The molecule has 2 rings (SSSR count). The first-order valence-corrected chi connectivity index (χ1v) is 7.39. The summed E-state index contributed by atoms with van der Waals surface area (Å²) in [5.41, 5.74) is 7.42. The van der Waals surface area contributed by atoms with Crippen LogP contribution in [0.25, 0.3) is 0 Å². The molecule has 0 radical (unpaired) electrons. The Bertz CT molecular complexity index is 421. The van der Waals surface area contributed by atoms with E-state index in [4.69, 9.17) is 10.5 Å². The number of nitrogens with two attached hydrogens (primary N) is 1. The Morgan fingerprint density at radius 3 is 2.70 bits per heavy atom. The number of para-hydroxylation sites is 1. The maximum Gasteiger partial charge on any atom is 0.0936 e. The van der Waals surface area contributed by atoms with Crippen molar-refractivity contribution in [2.45, 2.75) is 31.9 Å². The molecule has 20 heavy (non-hydrogen) atoms. The largest absolute Gasteiger partial charge is 0.398 e. The number of nitrogens with zero attached hydrogens (tertiary/aromatic N) is 1. The van der Waals surface area contributed by atoms with Gasteiger partial charge in [0, 0.05) is 37.5 Å². The maximum absolute atomic E-state index is 10.5. The fraction of sp³-hybridized carbons (Fsp3) is 0.625. The molecule has 2 atom stereocenters. The first kappa shape index (κ1) is 15.3. The summed E-state index contributed by atoms with van der Waals surface area (Å²) in [6.45, 7) is 4.38. The SMILES string of the molecule is COCCN(CC(O)c1ccccc1N)C(C)C1CC1. The summed E-state index contributed by atoms with van der Waals surface area (Å²) in [5.74, 6) is 0.771. The number of anilines is 1. The van der Waals surface area contributed by atoms with E-state index in [2.05, 4.69) is 11.8 Å². The quantitative estimate of drug-likeness (QED) is 0.715. The first-order chi connectivity index (χ1) is 9.63. The van der Waals surface area contributed by atoms with Crippen LogP contribution >= 0.6 is 0 Å². The highest BCUT2D eigenvalue weighted by molar-refractivity contribution is 5.47. The van der Waals surface area contributed by atoms with Gasteiger partial charge in [-0.2, -0.15) is 0 Å². The molecule has 0 saturated heterocycles. The summed E-state index contributed by atoms with van der Waals surface area (Å²) in [4.78, 5) is 2.32. The fourth-order valence-corrected chi connectivity index (χ4v) is 2.68. The Hall–Kier alpha value is -1.10. The van der Waals surface area contributed by atoms with E-state index < -0.39 is 6.10 Å². The lowest BCUT2D eigenvalue weighted by Crippen LogP contribution is -2.40. The van der Waals surface area contributed by atoms with Gasteiger partial charge in [-0.15, -0.1) is 0 Å². The van der Waals surface area contributed by atoms with Crippen molar-refractivity contribution in [3.63, 3.8) is 0 Å². The maximum atomic E-state index is 10.5. The lowest BCUT2D eigenvalue weighted by molar-refractivity contribution is 0.0623. The number of benzene rings is 1. The van der Waals surface area contributed by atoms with Crippen LogP contribution < -0.4 is 5.73 Å². The zero-order valence-corrected chi connectivity index (χ0v) is 12.5. The molecule has 112 valence electrons. The smallest absolute Gasteiger partial charge is 0.0936 e. The summed E-state index contributed by atoms with van der Waals surface area (Å²) in [5, 5.41) is 10.5. The topological polar surface area (TPSA) is 58.7 Å². The second-order valence-corrected chi connectivity index (χ2v) is 5.71. The van der Waals surface area contributed by atoms with E-state index in [1.54, 1.807) is 7.11 Å². The fourth-order valence-electron chi connectivity index (χ4n) is 2.68. The average Bonchev–Trinajstić information content (AvgIpc) is 3.27. The molecule has 0 heterocycles. The van der Waals surface area contributed by atoms with Crippen LogP contribution in [0.3, 0.4) is 0 Å². The molecule has 2 unspecified atom stereocenters. The van der Waals surface area contributed by atoms with Gasteiger partial charge in [-0.1, -0.05) is 18.2 Å². The number of hydrogen-bond acceptors (Lipinski definition) is 4. The Labute approximate surface area is 121 Å². The predicted octanol–water partition coefficient (Wildman–Crippen LogP) is 2.05. The lowest BCUT2D eigenvalue weighted by Gasteiger charge is -2.31. The highest BCUT2D eigenvalue weighted by Gasteiger charge is 2.32. The minimum atomic E-state index is -0.547. The Morgan fingerprint density at radius 2 is 2.10 bits per heavy atom. The molecule has 1 saturated carbocycles. The van der Waals surface area contributed by atoms with Gasteiger partial charge in [0.25, 0.3) is 0 Å². The predicted molar refractivity (Wildman–Crippen MR) is 81.4 cm³/mol. The molecular formula is C16H26N2O2. The molecule has 4 heteroatoms. The van der Waals surface area contributed by atoms with Crippen molar-refractivity contribution in [1.82, 2.24) is 4.90 Å². The van der Waals surface area contributed by atoms with Crippen LogP contribution in [0, 0.1) is 5.92 Å². The second kappa shape index (κ2) is 7.07. The highest BCUT2D eigenvalue weighted by atomic mass is 16.5. The van der Waals surface area contributed by atoms with Crippen molar-refractivity contribution in [3.8, 4) is 0 Å². The van der Waals surface area contributed by atoms with Crippen LogP contribution in [-0.4, -0.2) is 42.9 Å². The Morgan fingerprint density at radius 1 is 1.40 bits per heavy atom. The van der Waals surface area contributed by atoms with Crippen LogP contribution in [0.1, 0.15) is 31.4 Å². The molecule has 0 spiro atoms. The van der Waals surface area contributed by atoms with Crippen molar-refractivity contribution < 1.29 is 9.84 Å². The van der Waals surface area contributed by atoms with Gasteiger partial charge in [-0.05, 0) is 31.7 Å². The zero-order valence-electron chi connectivity index (χ0n) is 12.5. The van der Waals surface area contributed by atoms with Crippen molar-refractivity contribution in [2.75, 3.05) is 32.5 Å². The van der Waals surface area contributed by atoms with Gasteiger partial charge in [-0.3, -0.25) is 4.90 Å². The third kappa shape index (κ3) is 3.95. The molecule has 1 aliphatic rings. The van der Waals surface area contributed by atoms with E-state index in [0.29, 0.717) is 24.9 Å². The van der Waals surface area contributed by atoms with Gasteiger partial charge in [0.1, 0.15) is 0 Å². The Balaban J connectivity index is 2.00. The minimum Gasteiger partial charge on any atom is -0.398 e. The number of ether oxygens (including phenoxy) is 1. The van der Waals surface area contributed by atoms with Crippen molar-refractivity contribution in [2.24, 2.45) is 5.92 Å². The monoisotopic (exact) mass is 278 g/mol. The lowest BCUT2D eigenvalue weighted by atomic mass is 10.1. The van der Waals surface area contributed by atoms with Crippen molar-refractivity contribution in [3.05, 3.63) is 29.8 Å². The zero-order chi connectivity index (χ0) is 14.5. The van der Waals surface area contributed by atoms with E-state index in [9.17, 15) is 5.11 Å². The summed E-state index contributed by atoms with van der Waals surface area (Å²) in [6.07, 6.45) is 2.05. The minimum absolute atomic E-state index is 0.490. The first-order valence-electron chi connectivity index (χ1n) is 7.39. The van der Waals surface area contributed by atoms with E-state index >= 15 is 0 Å². The normalized spacial score (nSPS) is 18.2. The number of aliphatic hydroxyl groups is 1. The average molecular weight is 278 g/mol. The Kier molecular flexibility index (Phi) is 5.40. The van der Waals surface area contributed by atoms with Gasteiger partial charge in [0.15, 0.2) is 0 Å². The van der Waals surface area contributed by atoms with Gasteiger partial charge < -0.3 is 15.6 Å². The summed E-state index contributed by atoms with van der Waals surface area (Å²) < 4.78 is 5.19. The summed E-state index contributed by atoms with van der Waals surface area (Å²) >= 11 is 0. The second-order valence-electron chi connectivity index (χ2n) is 5.71. The number of nitrogen functional groups attached to an aromatic ring is 1. The molecule has 3 N–H and O–H groups in total. The van der Waals surface area contributed by atoms with E-state index in [0.717, 1.165) is 18.0 Å². The van der Waals surface area contributed by atoms with Gasteiger partial charge >= 0.3 is 0 Å². The third-order valence-corrected chi connectivity index (χ3v) is 4.23. The third-order valence-electron chi connectivity index (χ3n) is 4.23. The number of aliphatic hydroxyl groups excluding tert-OH is 1. The van der Waals surface area contributed by atoms with Gasteiger partial charge in [0.2, 0.25) is 0 Å². The van der Waals surface area contributed by atoms with Gasteiger partial charge in [0.05, 0.1) is 12.7 Å². The molecule has 1 fully saturated rings. The molecule has 1 aromatic carbocycles. The number of rotatable bonds is 8. The van der Waals surface area contributed by atoms with E-state index in [1.165, 1.54) is 12.8 Å². The van der Waals surface area contributed by atoms with Crippen LogP contribution in [0.15, 0.2) is 24.3 Å². The molecule has 0 bridgehead atoms. The molecule has 0 aromatic heterocycles. The molecule has 0 aliphatic heterocycles. The number of methoxy groups -OCH3 is 1. The van der Waals surface area contributed by atoms with Crippen LogP contribution in [0.4, 0.5) is 5.69 Å². The van der Waals surface area contributed by atoms with Crippen LogP contribution in [0.5, 0.6) is 0 Å².